The van der Waals surface area contributed by atoms with E-state index >= 15 is 0 Å². The van der Waals surface area contributed by atoms with Gasteiger partial charge in [0.1, 0.15) is 5.75 Å². The average Bonchev–Trinajstić information content (AvgIpc) is 2.80. The zero-order valence-corrected chi connectivity index (χ0v) is 18.6. The second-order valence-corrected chi connectivity index (χ2v) is 9.42. The van der Waals surface area contributed by atoms with E-state index in [4.69, 9.17) is 10.00 Å². The molecule has 3 aliphatic rings. The predicted molar refractivity (Wildman–Crippen MR) is 121 cm³/mol. The van der Waals surface area contributed by atoms with E-state index in [1.165, 1.54) is 6.42 Å². The van der Waals surface area contributed by atoms with Crippen LogP contribution in [0.5, 0.6) is 5.75 Å². The van der Waals surface area contributed by atoms with Gasteiger partial charge in [0, 0.05) is 18.5 Å². The van der Waals surface area contributed by atoms with Crippen molar-refractivity contribution < 1.29 is 14.3 Å². The van der Waals surface area contributed by atoms with Crippen LogP contribution in [0.25, 0.3) is 0 Å². The van der Waals surface area contributed by atoms with Crippen LogP contribution in [0.1, 0.15) is 76.2 Å². The number of hydrogen-bond donors (Lipinski definition) is 3. The monoisotopic (exact) mass is 438 g/mol. The third-order valence-corrected chi connectivity index (χ3v) is 7.04. The van der Waals surface area contributed by atoms with E-state index in [-0.39, 0.29) is 36.0 Å². The molecule has 1 aromatic carbocycles. The van der Waals surface area contributed by atoms with E-state index in [1.807, 2.05) is 12.1 Å². The van der Waals surface area contributed by atoms with Gasteiger partial charge in [0.15, 0.2) is 0 Å². The molecule has 3 fully saturated rings. The van der Waals surface area contributed by atoms with Gasteiger partial charge >= 0.3 is 0 Å². The third kappa shape index (κ3) is 6.01. The topological polar surface area (TPSA) is 103 Å². The molecule has 1 heterocycles. The first-order chi connectivity index (χ1) is 15.6. The van der Waals surface area contributed by atoms with Crippen molar-refractivity contribution in [1.29, 1.82) is 5.26 Å². The van der Waals surface area contributed by atoms with Gasteiger partial charge in [-0.25, -0.2) is 0 Å². The van der Waals surface area contributed by atoms with Gasteiger partial charge in [-0.3, -0.25) is 14.9 Å². The molecular formula is C25H34N4O3. The van der Waals surface area contributed by atoms with E-state index in [0.29, 0.717) is 18.0 Å². The van der Waals surface area contributed by atoms with Gasteiger partial charge in [0.2, 0.25) is 11.8 Å². The zero-order valence-electron chi connectivity index (χ0n) is 18.6. The SMILES string of the molecule is N#Cc1cccc(OC2CCC(NC(=O)CCCC3NC(=O)C4CCCCC4N3)CC2)c1. The van der Waals surface area contributed by atoms with Gasteiger partial charge in [-0.05, 0) is 69.6 Å². The van der Waals surface area contributed by atoms with Crippen LogP contribution >= 0.6 is 0 Å². The minimum absolute atomic E-state index is 0.0122. The van der Waals surface area contributed by atoms with Gasteiger partial charge in [-0.15, -0.1) is 0 Å². The fourth-order valence-corrected chi connectivity index (χ4v) is 5.30. The fourth-order valence-electron chi connectivity index (χ4n) is 5.30. The number of fused-ring (bicyclic) bond motifs is 1. The van der Waals surface area contributed by atoms with E-state index < -0.39 is 0 Å². The molecule has 2 amide bonds. The average molecular weight is 439 g/mol. The lowest BCUT2D eigenvalue weighted by Gasteiger charge is -2.40. The minimum atomic E-state index is -0.0122. The summed E-state index contributed by atoms with van der Waals surface area (Å²) in [6.07, 6.45) is 10.1. The van der Waals surface area contributed by atoms with Crippen molar-refractivity contribution in [3.63, 3.8) is 0 Å². The van der Waals surface area contributed by atoms with Crippen molar-refractivity contribution in [2.24, 2.45) is 5.92 Å². The highest BCUT2D eigenvalue weighted by Gasteiger charge is 2.37. The number of nitriles is 1. The van der Waals surface area contributed by atoms with Crippen molar-refractivity contribution in [3.8, 4) is 11.8 Å². The maximum Gasteiger partial charge on any atom is 0.225 e. The van der Waals surface area contributed by atoms with Crippen molar-refractivity contribution in [2.75, 3.05) is 0 Å². The summed E-state index contributed by atoms with van der Waals surface area (Å²) in [5.41, 5.74) is 0.602. The third-order valence-electron chi connectivity index (χ3n) is 7.04. The van der Waals surface area contributed by atoms with Crippen LogP contribution < -0.4 is 20.7 Å². The lowest BCUT2D eigenvalue weighted by molar-refractivity contribution is -0.130. The number of carbonyl (C=O) groups excluding carboxylic acids is 2. The number of benzene rings is 1. The van der Waals surface area contributed by atoms with E-state index in [9.17, 15) is 9.59 Å². The summed E-state index contributed by atoms with van der Waals surface area (Å²) in [7, 11) is 0. The summed E-state index contributed by atoms with van der Waals surface area (Å²) in [6.45, 7) is 0. The van der Waals surface area contributed by atoms with Gasteiger partial charge in [0.25, 0.3) is 0 Å². The first-order valence-electron chi connectivity index (χ1n) is 12.1. The highest BCUT2D eigenvalue weighted by Crippen LogP contribution is 2.28. The fraction of sp³-hybridized carbons (Fsp3) is 0.640. The minimum Gasteiger partial charge on any atom is -0.490 e. The Balaban J connectivity index is 1.12. The number of amides is 2. The largest absolute Gasteiger partial charge is 0.490 e. The Kier molecular flexibility index (Phi) is 7.64. The summed E-state index contributed by atoms with van der Waals surface area (Å²) in [5, 5.41) is 18.8. The van der Waals surface area contributed by atoms with E-state index in [1.54, 1.807) is 12.1 Å². The van der Waals surface area contributed by atoms with Crippen LogP contribution in [0.15, 0.2) is 24.3 Å². The Morgan fingerprint density at radius 2 is 1.97 bits per heavy atom. The Bertz CT molecular complexity index is 844. The molecule has 2 saturated carbocycles. The molecule has 32 heavy (non-hydrogen) atoms. The Labute approximate surface area is 190 Å². The molecule has 3 unspecified atom stereocenters. The summed E-state index contributed by atoms with van der Waals surface area (Å²) in [6, 6.07) is 9.89. The van der Waals surface area contributed by atoms with E-state index in [2.05, 4.69) is 22.0 Å². The van der Waals surface area contributed by atoms with Crippen LogP contribution in [-0.2, 0) is 9.59 Å². The molecule has 1 aliphatic heterocycles. The molecule has 3 N–H and O–H groups in total. The zero-order chi connectivity index (χ0) is 22.3. The number of nitrogens with zero attached hydrogens (tertiary/aromatic N) is 1. The quantitative estimate of drug-likeness (QED) is 0.607. The number of rotatable bonds is 7. The molecule has 172 valence electrons. The Hall–Kier alpha value is -2.59. The maximum atomic E-state index is 12.4. The molecule has 2 aliphatic carbocycles. The molecule has 4 rings (SSSR count). The van der Waals surface area contributed by atoms with E-state index in [0.717, 1.165) is 63.5 Å². The molecule has 7 nitrogen and oxygen atoms in total. The molecule has 7 heteroatoms. The summed E-state index contributed by atoms with van der Waals surface area (Å²) in [4.78, 5) is 24.7. The summed E-state index contributed by atoms with van der Waals surface area (Å²) >= 11 is 0. The molecule has 0 radical (unpaired) electrons. The van der Waals surface area contributed by atoms with Crippen LogP contribution in [0.2, 0.25) is 0 Å². The highest BCUT2D eigenvalue weighted by atomic mass is 16.5. The molecule has 3 atom stereocenters. The summed E-state index contributed by atoms with van der Waals surface area (Å²) in [5.74, 6) is 1.13. The molecule has 0 bridgehead atoms. The summed E-state index contributed by atoms with van der Waals surface area (Å²) < 4.78 is 6.02. The van der Waals surface area contributed by atoms with Gasteiger partial charge in [-0.2, -0.15) is 5.26 Å². The number of carbonyl (C=O) groups is 2. The standard InChI is InChI=1S/C25H34N4O3/c26-16-17-5-3-6-20(15-17)32-19-13-11-18(12-14-19)27-24(30)10-4-9-23-28-22-8-2-1-7-21(22)25(31)29-23/h3,5-6,15,18-19,21-23,28H,1-2,4,7-14H2,(H,27,30)(H,29,31). The highest BCUT2D eigenvalue weighted by molar-refractivity contribution is 5.80. The van der Waals surface area contributed by atoms with Crippen LogP contribution in [0, 0.1) is 17.2 Å². The van der Waals surface area contributed by atoms with Gasteiger partial charge in [0.05, 0.1) is 29.8 Å². The van der Waals surface area contributed by atoms with Crippen LogP contribution in [-0.4, -0.2) is 36.2 Å². The smallest absolute Gasteiger partial charge is 0.225 e. The molecule has 1 saturated heterocycles. The molecule has 0 spiro atoms. The number of nitrogens with one attached hydrogen (secondary N) is 3. The lowest BCUT2D eigenvalue weighted by Crippen LogP contribution is -2.62. The van der Waals surface area contributed by atoms with Crippen LogP contribution in [0.4, 0.5) is 0 Å². The number of ether oxygens (including phenoxy) is 1. The van der Waals surface area contributed by atoms with Crippen molar-refractivity contribution >= 4 is 11.8 Å². The van der Waals surface area contributed by atoms with Crippen LogP contribution in [0.3, 0.4) is 0 Å². The predicted octanol–water partition coefficient (Wildman–Crippen LogP) is 3.14. The Morgan fingerprint density at radius 1 is 1.16 bits per heavy atom. The molecular weight excluding hydrogens is 404 g/mol. The van der Waals surface area contributed by atoms with Gasteiger partial charge < -0.3 is 15.4 Å². The normalized spacial score (nSPS) is 29.8. The van der Waals surface area contributed by atoms with Crippen molar-refractivity contribution in [2.45, 2.75) is 95.0 Å². The first-order valence-corrected chi connectivity index (χ1v) is 12.1. The number of hydrogen-bond acceptors (Lipinski definition) is 5. The van der Waals surface area contributed by atoms with Crippen molar-refractivity contribution in [1.82, 2.24) is 16.0 Å². The molecule has 0 aromatic heterocycles. The lowest BCUT2D eigenvalue weighted by atomic mass is 9.82. The molecule has 1 aromatic rings. The first kappa shape index (κ1) is 22.6. The Morgan fingerprint density at radius 3 is 2.78 bits per heavy atom. The maximum absolute atomic E-state index is 12.4. The van der Waals surface area contributed by atoms with Crippen molar-refractivity contribution in [3.05, 3.63) is 29.8 Å². The van der Waals surface area contributed by atoms with Gasteiger partial charge in [-0.1, -0.05) is 18.9 Å². The second-order valence-electron chi connectivity index (χ2n) is 9.42. The second kappa shape index (κ2) is 10.8.